The third kappa shape index (κ3) is 3.14. The van der Waals surface area contributed by atoms with Crippen molar-refractivity contribution in [2.24, 2.45) is 5.92 Å². The van der Waals surface area contributed by atoms with Gasteiger partial charge in [-0.05, 0) is 19.8 Å². The second-order valence-electron chi connectivity index (χ2n) is 5.28. The minimum absolute atomic E-state index is 0.270. The van der Waals surface area contributed by atoms with Crippen molar-refractivity contribution in [1.82, 2.24) is 14.8 Å². The Morgan fingerprint density at radius 2 is 2.18 bits per heavy atom. The zero-order chi connectivity index (χ0) is 12.3. The fraction of sp³-hybridized carbons (Fsp3) is 0.769. The zero-order valence-electron chi connectivity index (χ0n) is 10.7. The predicted molar refractivity (Wildman–Crippen MR) is 65.7 cm³/mol. The van der Waals surface area contributed by atoms with Gasteiger partial charge in [0.2, 0.25) is 0 Å². The molecule has 0 unspecified atom stereocenters. The smallest absolute Gasteiger partial charge is 0.140 e. The third-order valence-corrected chi connectivity index (χ3v) is 3.48. The average Bonchev–Trinajstić information content (AvgIpc) is 2.88. The first-order valence-electron chi connectivity index (χ1n) is 6.57. The summed E-state index contributed by atoms with van der Waals surface area (Å²) in [5, 5.41) is 4.15. The molecular formula is C13H21N3O. The molecule has 0 bridgehead atoms. The van der Waals surface area contributed by atoms with Crippen molar-refractivity contribution in [2.45, 2.75) is 58.4 Å². The van der Waals surface area contributed by atoms with E-state index in [0.717, 1.165) is 12.2 Å². The van der Waals surface area contributed by atoms with E-state index in [1.54, 1.807) is 0 Å². The maximum absolute atomic E-state index is 12.0. The molecule has 1 fully saturated rings. The molecule has 0 amide bonds. The molecule has 0 radical (unpaired) electrons. The number of ketones is 1. The van der Waals surface area contributed by atoms with Gasteiger partial charge in [0.25, 0.3) is 0 Å². The molecule has 1 aliphatic rings. The number of carbonyl (C=O) groups excluding carboxylic acids is 1. The van der Waals surface area contributed by atoms with Crippen molar-refractivity contribution >= 4 is 5.78 Å². The summed E-state index contributed by atoms with van der Waals surface area (Å²) < 4.78 is 1.84. The van der Waals surface area contributed by atoms with Crippen LogP contribution in [0.3, 0.4) is 0 Å². The first-order chi connectivity index (χ1) is 8.16. The van der Waals surface area contributed by atoms with Crippen LogP contribution in [0.5, 0.6) is 0 Å². The fourth-order valence-corrected chi connectivity index (χ4v) is 2.62. The van der Waals surface area contributed by atoms with Gasteiger partial charge in [0.05, 0.1) is 6.42 Å². The van der Waals surface area contributed by atoms with Crippen LogP contribution >= 0.6 is 0 Å². The van der Waals surface area contributed by atoms with Crippen molar-refractivity contribution in [3.8, 4) is 0 Å². The number of carbonyl (C=O) groups is 1. The van der Waals surface area contributed by atoms with Crippen molar-refractivity contribution < 1.29 is 4.79 Å². The molecule has 4 heteroatoms. The van der Waals surface area contributed by atoms with Gasteiger partial charge >= 0.3 is 0 Å². The SMILES string of the molecule is CC(C)n1ncnc1CC(=O)CC1CCCC1. The van der Waals surface area contributed by atoms with Crippen LogP contribution in [0.25, 0.3) is 0 Å². The van der Waals surface area contributed by atoms with E-state index in [4.69, 9.17) is 0 Å². The lowest BCUT2D eigenvalue weighted by atomic mass is 9.99. The lowest BCUT2D eigenvalue weighted by Crippen LogP contribution is -2.14. The Kier molecular flexibility index (Phi) is 3.92. The van der Waals surface area contributed by atoms with E-state index in [-0.39, 0.29) is 6.04 Å². The molecule has 1 aromatic rings. The maximum atomic E-state index is 12.0. The van der Waals surface area contributed by atoms with Gasteiger partial charge in [-0.3, -0.25) is 4.79 Å². The molecular weight excluding hydrogens is 214 g/mol. The van der Waals surface area contributed by atoms with Crippen LogP contribution < -0.4 is 0 Å². The van der Waals surface area contributed by atoms with E-state index < -0.39 is 0 Å². The van der Waals surface area contributed by atoms with Crippen LogP contribution in [-0.2, 0) is 11.2 Å². The van der Waals surface area contributed by atoms with E-state index in [1.165, 1.54) is 32.0 Å². The van der Waals surface area contributed by atoms with Crippen LogP contribution in [0.2, 0.25) is 0 Å². The molecule has 0 N–H and O–H groups in total. The minimum atomic E-state index is 0.270. The van der Waals surface area contributed by atoms with Gasteiger partial charge in [-0.2, -0.15) is 5.10 Å². The highest BCUT2D eigenvalue weighted by Crippen LogP contribution is 2.28. The number of Topliss-reactive ketones (excluding diaryl/α,β-unsaturated/α-hetero) is 1. The molecule has 1 aliphatic carbocycles. The molecule has 0 aromatic carbocycles. The molecule has 1 heterocycles. The summed E-state index contributed by atoms with van der Waals surface area (Å²) in [5.41, 5.74) is 0. The van der Waals surface area contributed by atoms with E-state index in [1.807, 2.05) is 4.68 Å². The Morgan fingerprint density at radius 1 is 1.47 bits per heavy atom. The van der Waals surface area contributed by atoms with E-state index in [0.29, 0.717) is 18.1 Å². The Hall–Kier alpha value is -1.19. The maximum Gasteiger partial charge on any atom is 0.140 e. The van der Waals surface area contributed by atoms with Gasteiger partial charge in [-0.25, -0.2) is 9.67 Å². The Labute approximate surface area is 102 Å². The van der Waals surface area contributed by atoms with Gasteiger partial charge in [0.15, 0.2) is 0 Å². The van der Waals surface area contributed by atoms with Crippen molar-refractivity contribution in [1.29, 1.82) is 0 Å². The first-order valence-corrected chi connectivity index (χ1v) is 6.57. The number of rotatable bonds is 5. The number of hydrogen-bond donors (Lipinski definition) is 0. The number of aromatic nitrogens is 3. The Balaban J connectivity index is 1.90. The van der Waals surface area contributed by atoms with Crippen LogP contribution in [0.15, 0.2) is 6.33 Å². The van der Waals surface area contributed by atoms with Gasteiger partial charge < -0.3 is 0 Å². The van der Waals surface area contributed by atoms with E-state index in [2.05, 4.69) is 23.9 Å². The molecule has 0 spiro atoms. The van der Waals surface area contributed by atoms with Gasteiger partial charge in [-0.15, -0.1) is 0 Å². The lowest BCUT2D eigenvalue weighted by Gasteiger charge is -2.10. The molecule has 0 aliphatic heterocycles. The van der Waals surface area contributed by atoms with E-state index >= 15 is 0 Å². The summed E-state index contributed by atoms with van der Waals surface area (Å²) in [6.07, 6.45) is 7.74. The van der Waals surface area contributed by atoms with Crippen molar-refractivity contribution in [3.05, 3.63) is 12.2 Å². The predicted octanol–water partition coefficient (Wildman–Crippen LogP) is 2.55. The third-order valence-electron chi connectivity index (χ3n) is 3.48. The topological polar surface area (TPSA) is 47.8 Å². The standard InChI is InChI=1S/C13H21N3O/c1-10(2)16-13(14-9-15-16)8-12(17)7-11-5-3-4-6-11/h9-11H,3-8H2,1-2H3. The first kappa shape index (κ1) is 12.3. The second kappa shape index (κ2) is 5.43. The highest BCUT2D eigenvalue weighted by atomic mass is 16.1. The average molecular weight is 235 g/mol. The number of hydrogen-bond acceptors (Lipinski definition) is 3. The van der Waals surface area contributed by atoms with Crippen LogP contribution in [0.4, 0.5) is 0 Å². The molecule has 17 heavy (non-hydrogen) atoms. The molecule has 0 saturated heterocycles. The van der Waals surface area contributed by atoms with Gasteiger partial charge in [-0.1, -0.05) is 25.7 Å². The lowest BCUT2D eigenvalue weighted by molar-refractivity contribution is -0.119. The zero-order valence-corrected chi connectivity index (χ0v) is 10.7. The summed E-state index contributed by atoms with van der Waals surface area (Å²) in [6.45, 7) is 4.11. The van der Waals surface area contributed by atoms with Crippen LogP contribution in [0, 0.1) is 5.92 Å². The largest absolute Gasteiger partial charge is 0.299 e. The normalized spacial score (nSPS) is 16.9. The highest BCUT2D eigenvalue weighted by Gasteiger charge is 2.20. The molecule has 0 atom stereocenters. The fourth-order valence-electron chi connectivity index (χ4n) is 2.62. The quantitative estimate of drug-likeness (QED) is 0.788. The van der Waals surface area contributed by atoms with Gasteiger partial charge in [0.1, 0.15) is 17.9 Å². The minimum Gasteiger partial charge on any atom is -0.299 e. The summed E-state index contributed by atoms with van der Waals surface area (Å²) in [6, 6.07) is 0.270. The summed E-state index contributed by atoms with van der Waals surface area (Å²) in [5.74, 6) is 1.74. The molecule has 4 nitrogen and oxygen atoms in total. The van der Waals surface area contributed by atoms with Crippen molar-refractivity contribution in [3.63, 3.8) is 0 Å². The summed E-state index contributed by atoms with van der Waals surface area (Å²) in [7, 11) is 0. The van der Waals surface area contributed by atoms with Crippen molar-refractivity contribution in [2.75, 3.05) is 0 Å². The van der Waals surface area contributed by atoms with Crippen LogP contribution in [0.1, 0.15) is 57.8 Å². The molecule has 1 saturated carbocycles. The monoisotopic (exact) mass is 235 g/mol. The Bertz CT molecular complexity index is 378. The Morgan fingerprint density at radius 3 is 2.82 bits per heavy atom. The summed E-state index contributed by atoms with van der Waals surface area (Å²) in [4.78, 5) is 16.1. The second-order valence-corrected chi connectivity index (χ2v) is 5.28. The van der Waals surface area contributed by atoms with E-state index in [9.17, 15) is 4.79 Å². The molecule has 94 valence electrons. The molecule has 1 aromatic heterocycles. The van der Waals surface area contributed by atoms with Gasteiger partial charge in [0, 0.05) is 12.5 Å². The summed E-state index contributed by atoms with van der Waals surface area (Å²) >= 11 is 0. The molecule has 2 rings (SSSR count). The highest BCUT2D eigenvalue weighted by molar-refractivity contribution is 5.80. The van der Waals surface area contributed by atoms with Crippen LogP contribution in [-0.4, -0.2) is 20.5 Å². The number of nitrogens with zero attached hydrogens (tertiary/aromatic N) is 3.